The van der Waals surface area contributed by atoms with Crippen molar-refractivity contribution in [3.8, 4) is 5.88 Å². The van der Waals surface area contributed by atoms with Gasteiger partial charge in [-0.2, -0.15) is 0 Å². The second-order valence-electron chi connectivity index (χ2n) is 4.47. The first-order valence-electron chi connectivity index (χ1n) is 6.18. The van der Waals surface area contributed by atoms with E-state index in [1.165, 1.54) is 6.42 Å². The Balaban J connectivity index is 2.04. The highest BCUT2D eigenvalue weighted by Gasteiger charge is 2.17. The van der Waals surface area contributed by atoms with Crippen LogP contribution >= 0.6 is 12.2 Å². The van der Waals surface area contributed by atoms with E-state index in [-0.39, 0.29) is 6.10 Å². The van der Waals surface area contributed by atoms with Crippen LogP contribution in [0.1, 0.15) is 30.4 Å². The van der Waals surface area contributed by atoms with E-state index in [1.807, 2.05) is 13.0 Å². The molecule has 0 aliphatic carbocycles. The molecule has 0 aromatic carbocycles. The van der Waals surface area contributed by atoms with Gasteiger partial charge in [0, 0.05) is 12.8 Å². The minimum absolute atomic E-state index is 0.153. The summed E-state index contributed by atoms with van der Waals surface area (Å²) in [6, 6.07) is 1.87. The van der Waals surface area contributed by atoms with Gasteiger partial charge in [-0.05, 0) is 37.8 Å². The number of nitrogens with two attached hydrogens (primary N) is 1. The summed E-state index contributed by atoms with van der Waals surface area (Å²) in [4.78, 5) is 4.52. The van der Waals surface area contributed by atoms with Crippen LogP contribution in [0, 0.1) is 6.92 Å². The van der Waals surface area contributed by atoms with Crippen LogP contribution in [0.15, 0.2) is 12.3 Å². The van der Waals surface area contributed by atoms with Crippen LogP contribution in [0.3, 0.4) is 0 Å². The number of nitrogens with zero attached hydrogens (tertiary/aromatic N) is 1. The molecule has 18 heavy (non-hydrogen) atoms. The Morgan fingerprint density at radius 3 is 3.11 bits per heavy atom. The van der Waals surface area contributed by atoms with Gasteiger partial charge in [0.25, 0.3) is 0 Å². The zero-order chi connectivity index (χ0) is 13.0. The van der Waals surface area contributed by atoms with Crippen LogP contribution in [-0.2, 0) is 4.74 Å². The molecule has 0 spiro atoms. The summed E-state index contributed by atoms with van der Waals surface area (Å²) in [5.41, 5.74) is 7.41. The molecule has 0 saturated carbocycles. The molecule has 98 valence electrons. The molecule has 2 heterocycles. The van der Waals surface area contributed by atoms with Gasteiger partial charge in [0.05, 0.1) is 11.7 Å². The van der Waals surface area contributed by atoms with Gasteiger partial charge in [-0.1, -0.05) is 12.2 Å². The zero-order valence-corrected chi connectivity index (χ0v) is 11.3. The maximum atomic E-state index is 5.72. The van der Waals surface area contributed by atoms with E-state index >= 15 is 0 Å². The first kappa shape index (κ1) is 13.2. The average molecular weight is 266 g/mol. The highest BCUT2D eigenvalue weighted by Crippen LogP contribution is 2.20. The highest BCUT2D eigenvalue weighted by molar-refractivity contribution is 7.80. The first-order valence-corrected chi connectivity index (χ1v) is 6.59. The Labute approximate surface area is 112 Å². The van der Waals surface area contributed by atoms with Crippen LogP contribution < -0.4 is 10.5 Å². The molecule has 1 aliphatic heterocycles. The van der Waals surface area contributed by atoms with Gasteiger partial charge in [-0.25, -0.2) is 4.98 Å². The summed E-state index contributed by atoms with van der Waals surface area (Å²) < 4.78 is 11.3. The van der Waals surface area contributed by atoms with Crippen molar-refractivity contribution >= 4 is 17.2 Å². The minimum Gasteiger partial charge on any atom is -0.474 e. The summed E-state index contributed by atoms with van der Waals surface area (Å²) in [6.07, 6.45) is 5.22. The van der Waals surface area contributed by atoms with Gasteiger partial charge in [-0.15, -0.1) is 0 Å². The van der Waals surface area contributed by atoms with Crippen molar-refractivity contribution in [3.05, 3.63) is 23.4 Å². The summed E-state index contributed by atoms with van der Waals surface area (Å²) >= 11 is 5.03. The number of hydrogen-bond acceptors (Lipinski definition) is 4. The molecule has 0 radical (unpaired) electrons. The largest absolute Gasteiger partial charge is 0.474 e. The number of pyridine rings is 1. The van der Waals surface area contributed by atoms with Gasteiger partial charge in [-0.3, -0.25) is 0 Å². The number of aromatic nitrogens is 1. The van der Waals surface area contributed by atoms with E-state index in [4.69, 9.17) is 27.4 Å². The summed E-state index contributed by atoms with van der Waals surface area (Å²) in [5.74, 6) is 0.511. The topological polar surface area (TPSA) is 57.4 Å². The normalized spacial score (nSPS) is 19.5. The molecule has 0 amide bonds. The quantitative estimate of drug-likeness (QED) is 0.844. The summed E-state index contributed by atoms with van der Waals surface area (Å²) in [5, 5.41) is 0. The molecule has 1 atom stereocenters. The van der Waals surface area contributed by atoms with Crippen LogP contribution in [0.2, 0.25) is 0 Å². The highest BCUT2D eigenvalue weighted by atomic mass is 32.1. The average Bonchev–Trinajstić information content (AvgIpc) is 2.37. The number of thiocarbonyl (C=S) groups is 1. The van der Waals surface area contributed by atoms with Gasteiger partial charge >= 0.3 is 0 Å². The molecule has 0 bridgehead atoms. The molecule has 1 aromatic rings. The summed E-state index contributed by atoms with van der Waals surface area (Å²) in [6.45, 7) is 3.27. The number of ether oxygens (including phenoxy) is 2. The fourth-order valence-electron chi connectivity index (χ4n) is 2.05. The third-order valence-electron chi connectivity index (χ3n) is 3.05. The van der Waals surface area contributed by atoms with Gasteiger partial charge in [0.1, 0.15) is 11.6 Å². The SMILES string of the molecule is Cc1ccnc(OCC2CCCCO2)c1C(N)=S. The molecule has 1 unspecified atom stereocenters. The molecule has 5 heteroatoms. The predicted octanol–water partition coefficient (Wildman–Crippen LogP) is 1.97. The monoisotopic (exact) mass is 266 g/mol. The van der Waals surface area contributed by atoms with E-state index in [1.54, 1.807) is 6.20 Å². The van der Waals surface area contributed by atoms with Crippen molar-refractivity contribution in [1.29, 1.82) is 0 Å². The standard InChI is InChI=1S/C13H18N2O2S/c1-9-5-6-15-13(11(9)12(14)18)17-8-10-4-2-3-7-16-10/h5-6,10H,2-4,7-8H2,1H3,(H2,14,18). The molecule has 4 nitrogen and oxygen atoms in total. The lowest BCUT2D eigenvalue weighted by Crippen LogP contribution is -2.26. The molecule has 1 saturated heterocycles. The van der Waals surface area contributed by atoms with E-state index in [0.717, 1.165) is 30.6 Å². The van der Waals surface area contributed by atoms with Crippen molar-refractivity contribution in [2.24, 2.45) is 5.73 Å². The van der Waals surface area contributed by atoms with Gasteiger partial charge in [0.2, 0.25) is 5.88 Å². The maximum Gasteiger partial charge on any atom is 0.224 e. The Morgan fingerprint density at radius 1 is 1.61 bits per heavy atom. The van der Waals surface area contributed by atoms with Crippen LogP contribution in [0.5, 0.6) is 5.88 Å². The van der Waals surface area contributed by atoms with E-state index in [2.05, 4.69) is 4.98 Å². The molecule has 1 fully saturated rings. The van der Waals surface area contributed by atoms with Gasteiger partial charge in [0.15, 0.2) is 0 Å². The van der Waals surface area contributed by atoms with E-state index < -0.39 is 0 Å². The zero-order valence-electron chi connectivity index (χ0n) is 10.5. The molecular weight excluding hydrogens is 248 g/mol. The second kappa shape index (κ2) is 6.11. The lowest BCUT2D eigenvalue weighted by atomic mass is 10.1. The van der Waals surface area contributed by atoms with Crippen LogP contribution in [0.25, 0.3) is 0 Å². The Kier molecular flexibility index (Phi) is 4.49. The lowest BCUT2D eigenvalue weighted by molar-refractivity contribution is -0.0119. The van der Waals surface area contributed by atoms with Crippen molar-refractivity contribution < 1.29 is 9.47 Å². The fraction of sp³-hybridized carbons (Fsp3) is 0.538. The lowest BCUT2D eigenvalue weighted by Gasteiger charge is -2.23. The Hall–Kier alpha value is -1.20. The van der Waals surface area contributed by atoms with Gasteiger partial charge < -0.3 is 15.2 Å². The van der Waals surface area contributed by atoms with Crippen LogP contribution in [-0.4, -0.2) is 29.3 Å². The number of aryl methyl sites for hydroxylation is 1. The Bertz CT molecular complexity index is 431. The van der Waals surface area contributed by atoms with Crippen molar-refractivity contribution in [2.45, 2.75) is 32.3 Å². The summed E-state index contributed by atoms with van der Waals surface area (Å²) in [7, 11) is 0. The predicted molar refractivity (Wildman–Crippen MR) is 73.9 cm³/mol. The van der Waals surface area contributed by atoms with Crippen molar-refractivity contribution in [3.63, 3.8) is 0 Å². The molecule has 2 rings (SSSR count). The molecule has 1 aliphatic rings. The van der Waals surface area contributed by atoms with Crippen molar-refractivity contribution in [2.75, 3.05) is 13.2 Å². The Morgan fingerprint density at radius 2 is 2.44 bits per heavy atom. The first-order chi connectivity index (χ1) is 8.68. The number of hydrogen-bond donors (Lipinski definition) is 1. The van der Waals surface area contributed by atoms with E-state index in [9.17, 15) is 0 Å². The molecule has 1 aromatic heterocycles. The number of rotatable bonds is 4. The smallest absolute Gasteiger partial charge is 0.224 e. The van der Waals surface area contributed by atoms with Crippen molar-refractivity contribution in [1.82, 2.24) is 4.98 Å². The minimum atomic E-state index is 0.153. The third kappa shape index (κ3) is 3.17. The molecule has 2 N–H and O–H groups in total. The fourth-order valence-corrected chi connectivity index (χ4v) is 2.30. The second-order valence-corrected chi connectivity index (χ2v) is 4.91. The van der Waals surface area contributed by atoms with E-state index in [0.29, 0.717) is 17.5 Å². The van der Waals surface area contributed by atoms with Crippen LogP contribution in [0.4, 0.5) is 0 Å². The molecular formula is C13H18N2O2S. The third-order valence-corrected chi connectivity index (χ3v) is 3.25. The maximum absolute atomic E-state index is 5.72.